The van der Waals surface area contributed by atoms with E-state index in [9.17, 15) is 0 Å². The molecule has 2 aromatic rings. The third-order valence-electron chi connectivity index (χ3n) is 4.54. The number of aromatic nitrogens is 1. The van der Waals surface area contributed by atoms with E-state index in [0.29, 0.717) is 23.6 Å². The third-order valence-corrected chi connectivity index (χ3v) is 5.21. The molecule has 1 aromatic heterocycles. The molecule has 0 amide bonds. The smallest absolute Gasteiger partial charge is 0.180 e. The number of nitrogens with zero attached hydrogens (tertiary/aromatic N) is 1. The highest BCUT2D eigenvalue weighted by Gasteiger charge is 2.20. The molecular formula is C19H28N2OS. The molecule has 4 heteroatoms. The lowest BCUT2D eigenvalue weighted by Crippen LogP contribution is -2.06. The first-order chi connectivity index (χ1) is 11.0. The normalized spacial score (nSPS) is 13.8. The summed E-state index contributed by atoms with van der Waals surface area (Å²) in [5.74, 6) is 1.98. The molecule has 0 spiro atoms. The highest BCUT2D eigenvalue weighted by Crippen LogP contribution is 2.40. The summed E-state index contributed by atoms with van der Waals surface area (Å²) in [5, 5.41) is 2.65. The third kappa shape index (κ3) is 3.86. The zero-order chi connectivity index (χ0) is 17.0. The van der Waals surface area contributed by atoms with Crippen molar-refractivity contribution in [2.24, 2.45) is 0 Å². The van der Waals surface area contributed by atoms with Gasteiger partial charge in [0.1, 0.15) is 5.75 Å². The van der Waals surface area contributed by atoms with Gasteiger partial charge in [-0.25, -0.2) is 4.98 Å². The average molecular weight is 333 g/mol. The Morgan fingerprint density at radius 2 is 1.65 bits per heavy atom. The number of hydrogen-bond donors (Lipinski definition) is 1. The van der Waals surface area contributed by atoms with E-state index < -0.39 is 0 Å². The highest BCUT2D eigenvalue weighted by atomic mass is 32.1. The molecule has 0 fully saturated rings. The molecule has 2 N–H and O–H groups in total. The van der Waals surface area contributed by atoms with E-state index in [-0.39, 0.29) is 0 Å². The number of nitrogen functional groups attached to an aromatic ring is 1. The summed E-state index contributed by atoms with van der Waals surface area (Å²) in [7, 11) is 0. The van der Waals surface area contributed by atoms with E-state index in [2.05, 4.69) is 51.7 Å². The Bertz CT molecular complexity index is 620. The van der Waals surface area contributed by atoms with Crippen LogP contribution in [0.4, 0.5) is 5.13 Å². The molecule has 1 aromatic carbocycles. The lowest BCUT2D eigenvalue weighted by Gasteiger charge is -2.23. The maximum Gasteiger partial charge on any atom is 0.180 e. The van der Waals surface area contributed by atoms with Crippen molar-refractivity contribution in [1.29, 1.82) is 0 Å². The molecule has 0 bridgehead atoms. The summed E-state index contributed by atoms with van der Waals surface area (Å²) in [6.07, 6.45) is 2.17. The average Bonchev–Trinajstić information content (AvgIpc) is 3.00. The Balaban J connectivity index is 2.65. The van der Waals surface area contributed by atoms with Crippen LogP contribution in [0.5, 0.6) is 5.75 Å². The Kier molecular flexibility index (Phi) is 6.05. The van der Waals surface area contributed by atoms with Crippen molar-refractivity contribution in [1.82, 2.24) is 4.98 Å². The van der Waals surface area contributed by atoms with Gasteiger partial charge in [-0.15, -0.1) is 11.3 Å². The summed E-state index contributed by atoms with van der Waals surface area (Å²) < 4.78 is 6.07. The van der Waals surface area contributed by atoms with Crippen LogP contribution in [0.1, 0.15) is 70.4 Å². The molecule has 0 aliphatic rings. The largest absolute Gasteiger partial charge is 0.493 e. The van der Waals surface area contributed by atoms with Crippen molar-refractivity contribution in [3.8, 4) is 17.0 Å². The van der Waals surface area contributed by atoms with Gasteiger partial charge in [0.25, 0.3) is 0 Å². The second kappa shape index (κ2) is 7.82. The summed E-state index contributed by atoms with van der Waals surface area (Å²) in [6, 6.07) is 4.47. The fraction of sp³-hybridized carbons (Fsp3) is 0.526. The van der Waals surface area contributed by atoms with Gasteiger partial charge in [-0.2, -0.15) is 0 Å². The van der Waals surface area contributed by atoms with Crippen LogP contribution in [0.25, 0.3) is 11.3 Å². The van der Waals surface area contributed by atoms with Crippen molar-refractivity contribution in [3.05, 3.63) is 28.6 Å². The summed E-state index contributed by atoms with van der Waals surface area (Å²) >= 11 is 1.49. The Morgan fingerprint density at radius 3 is 2.04 bits per heavy atom. The second-order valence-corrected chi connectivity index (χ2v) is 7.00. The molecule has 3 nitrogen and oxygen atoms in total. The van der Waals surface area contributed by atoms with Crippen molar-refractivity contribution in [2.75, 3.05) is 12.3 Å². The molecule has 23 heavy (non-hydrogen) atoms. The maximum atomic E-state index is 6.07. The fourth-order valence-corrected chi connectivity index (χ4v) is 3.30. The number of anilines is 1. The van der Waals surface area contributed by atoms with Crippen LogP contribution in [0, 0.1) is 0 Å². The van der Waals surface area contributed by atoms with Crippen LogP contribution >= 0.6 is 11.3 Å². The lowest BCUT2D eigenvalue weighted by molar-refractivity contribution is 0.328. The summed E-state index contributed by atoms with van der Waals surface area (Å²) in [4.78, 5) is 4.46. The second-order valence-electron chi connectivity index (χ2n) is 6.11. The van der Waals surface area contributed by atoms with Gasteiger partial charge in [0.2, 0.25) is 0 Å². The lowest BCUT2D eigenvalue weighted by atomic mass is 9.87. The molecule has 126 valence electrons. The van der Waals surface area contributed by atoms with Gasteiger partial charge >= 0.3 is 0 Å². The monoisotopic (exact) mass is 332 g/mol. The van der Waals surface area contributed by atoms with Gasteiger partial charge in [0, 0.05) is 10.9 Å². The first kappa shape index (κ1) is 17.8. The quantitative estimate of drug-likeness (QED) is 0.695. The predicted octanol–water partition coefficient (Wildman–Crippen LogP) is 5.82. The van der Waals surface area contributed by atoms with Crippen molar-refractivity contribution in [2.45, 2.75) is 59.3 Å². The van der Waals surface area contributed by atoms with Gasteiger partial charge in [0.15, 0.2) is 5.13 Å². The molecule has 0 aliphatic heterocycles. The first-order valence-corrected chi connectivity index (χ1v) is 9.41. The topological polar surface area (TPSA) is 48.1 Å². The van der Waals surface area contributed by atoms with Crippen LogP contribution in [-0.2, 0) is 0 Å². The van der Waals surface area contributed by atoms with Crippen molar-refractivity contribution < 1.29 is 4.74 Å². The van der Waals surface area contributed by atoms with Crippen LogP contribution < -0.4 is 10.5 Å². The van der Waals surface area contributed by atoms with E-state index in [1.165, 1.54) is 22.5 Å². The number of nitrogens with two attached hydrogens (primary N) is 1. The maximum absolute atomic E-state index is 6.07. The SMILES string of the molecule is CCOc1c(C(C)CC)cc(-c2csc(N)n2)cc1C(C)CC. The van der Waals surface area contributed by atoms with E-state index in [0.717, 1.165) is 29.8 Å². The number of hydrogen-bond acceptors (Lipinski definition) is 4. The zero-order valence-corrected chi connectivity index (χ0v) is 15.7. The van der Waals surface area contributed by atoms with Crippen LogP contribution in [0.15, 0.2) is 17.5 Å². The molecule has 2 rings (SSSR count). The Morgan fingerprint density at radius 1 is 1.09 bits per heavy atom. The van der Waals surface area contributed by atoms with E-state index in [1.807, 2.05) is 5.38 Å². The molecule has 0 saturated heterocycles. The van der Waals surface area contributed by atoms with Gasteiger partial charge in [-0.05, 0) is 54.9 Å². The van der Waals surface area contributed by atoms with E-state index in [4.69, 9.17) is 10.5 Å². The minimum absolute atomic E-state index is 0.454. The Hall–Kier alpha value is -1.55. The van der Waals surface area contributed by atoms with Gasteiger partial charge in [-0.1, -0.05) is 27.7 Å². The minimum atomic E-state index is 0.454. The zero-order valence-electron chi connectivity index (χ0n) is 14.8. The number of rotatable bonds is 7. The van der Waals surface area contributed by atoms with Crippen molar-refractivity contribution >= 4 is 16.5 Å². The minimum Gasteiger partial charge on any atom is -0.493 e. The summed E-state index contributed by atoms with van der Waals surface area (Å²) in [5.41, 5.74) is 10.5. The molecule has 2 atom stereocenters. The molecule has 0 radical (unpaired) electrons. The van der Waals surface area contributed by atoms with Crippen LogP contribution in [0.2, 0.25) is 0 Å². The summed E-state index contributed by atoms with van der Waals surface area (Å²) in [6.45, 7) is 11.7. The van der Waals surface area contributed by atoms with Gasteiger partial charge in [-0.3, -0.25) is 0 Å². The van der Waals surface area contributed by atoms with Crippen molar-refractivity contribution in [3.63, 3.8) is 0 Å². The number of ether oxygens (including phenoxy) is 1. The molecule has 1 heterocycles. The molecular weight excluding hydrogens is 304 g/mol. The number of benzene rings is 1. The highest BCUT2D eigenvalue weighted by molar-refractivity contribution is 7.13. The molecule has 0 aliphatic carbocycles. The van der Waals surface area contributed by atoms with E-state index >= 15 is 0 Å². The van der Waals surface area contributed by atoms with Gasteiger partial charge in [0.05, 0.1) is 12.3 Å². The Labute approximate surface area is 143 Å². The van der Waals surface area contributed by atoms with Crippen LogP contribution in [-0.4, -0.2) is 11.6 Å². The fourth-order valence-electron chi connectivity index (χ4n) is 2.73. The predicted molar refractivity (Wildman–Crippen MR) is 101 cm³/mol. The standard InChI is InChI=1S/C19H28N2OS/c1-6-12(4)15-9-14(17-11-23-19(20)21-17)10-16(13(5)7-2)18(15)22-8-3/h9-13H,6-8H2,1-5H3,(H2,20,21). The van der Waals surface area contributed by atoms with Gasteiger partial charge < -0.3 is 10.5 Å². The first-order valence-electron chi connectivity index (χ1n) is 8.53. The number of thiazole rings is 1. The molecule has 2 unspecified atom stereocenters. The molecule has 0 saturated carbocycles. The van der Waals surface area contributed by atoms with Crippen LogP contribution in [0.3, 0.4) is 0 Å². The van der Waals surface area contributed by atoms with E-state index in [1.54, 1.807) is 0 Å².